The van der Waals surface area contributed by atoms with Gasteiger partial charge in [0, 0.05) is 22.9 Å². The molecule has 1 unspecified atom stereocenters. The lowest BCUT2D eigenvalue weighted by atomic mass is 10.1. The molecule has 114 valence electrons. The average Bonchev–Trinajstić information content (AvgIpc) is 2.48. The molecule has 1 heterocycles. The third-order valence-electron chi connectivity index (χ3n) is 3.51. The van der Waals surface area contributed by atoms with Gasteiger partial charge in [0.1, 0.15) is 0 Å². The smallest absolute Gasteiger partial charge is 0.311 e. The number of nitrogens with zero attached hydrogens (tertiary/aromatic N) is 1. The molecule has 1 aliphatic heterocycles. The van der Waals surface area contributed by atoms with E-state index in [-0.39, 0.29) is 6.42 Å². The summed E-state index contributed by atoms with van der Waals surface area (Å²) in [6, 6.07) is 13.9. The van der Waals surface area contributed by atoms with Gasteiger partial charge in [-0.25, -0.2) is 4.99 Å². The van der Waals surface area contributed by atoms with Crippen molar-refractivity contribution in [2.24, 2.45) is 4.99 Å². The lowest BCUT2D eigenvalue weighted by Crippen LogP contribution is -2.55. The van der Waals surface area contributed by atoms with Crippen molar-refractivity contribution < 1.29 is 13.0 Å². The van der Waals surface area contributed by atoms with Gasteiger partial charge in [0.2, 0.25) is 0 Å². The molecule has 0 aliphatic carbocycles. The van der Waals surface area contributed by atoms with Gasteiger partial charge >= 0.3 is 10.1 Å². The summed E-state index contributed by atoms with van der Waals surface area (Å²) in [7, 11) is -4.51. The quantitative estimate of drug-likeness (QED) is 0.822. The minimum Gasteiger partial charge on any atom is -0.352 e. The van der Waals surface area contributed by atoms with Crippen LogP contribution in [-0.2, 0) is 16.5 Å². The maximum Gasteiger partial charge on any atom is 0.311 e. The van der Waals surface area contributed by atoms with Gasteiger partial charge in [-0.2, -0.15) is 8.42 Å². The van der Waals surface area contributed by atoms with E-state index in [9.17, 15) is 13.0 Å². The van der Waals surface area contributed by atoms with Crippen molar-refractivity contribution in [1.29, 1.82) is 0 Å². The van der Waals surface area contributed by atoms with E-state index in [1.54, 1.807) is 42.5 Å². The largest absolute Gasteiger partial charge is 0.352 e. The first-order chi connectivity index (χ1) is 10.4. The van der Waals surface area contributed by atoms with Crippen LogP contribution in [0.15, 0.2) is 53.5 Å². The lowest BCUT2D eigenvalue weighted by molar-refractivity contribution is 0.401. The van der Waals surface area contributed by atoms with Crippen LogP contribution >= 0.6 is 11.6 Å². The van der Waals surface area contributed by atoms with Gasteiger partial charge in [-0.3, -0.25) is 4.55 Å². The Bertz CT molecular complexity index is 943. The predicted molar refractivity (Wildman–Crippen MR) is 84.3 cm³/mol. The van der Waals surface area contributed by atoms with E-state index in [4.69, 9.17) is 11.6 Å². The Morgan fingerprint density at radius 2 is 1.82 bits per heavy atom. The first-order valence-corrected chi connectivity index (χ1v) is 8.36. The molecule has 1 atom stereocenters. The van der Waals surface area contributed by atoms with Crippen molar-refractivity contribution in [3.63, 3.8) is 0 Å². The van der Waals surface area contributed by atoms with Crippen LogP contribution in [0.3, 0.4) is 0 Å². The number of hydrogen-bond acceptors (Lipinski definition) is 4. The van der Waals surface area contributed by atoms with Gasteiger partial charge in [-0.1, -0.05) is 48.0 Å². The Hall–Kier alpha value is -1.89. The predicted octanol–water partition coefficient (Wildman–Crippen LogP) is 1.09. The van der Waals surface area contributed by atoms with Crippen molar-refractivity contribution in [3.8, 4) is 0 Å². The fraction of sp³-hybridized carbons (Fsp3) is 0.133. The summed E-state index contributed by atoms with van der Waals surface area (Å²) in [6.07, 6.45) is 1.45. The maximum atomic E-state index is 12.0. The van der Waals surface area contributed by atoms with E-state index in [0.29, 0.717) is 15.9 Å². The minimum absolute atomic E-state index is 0.0870. The van der Waals surface area contributed by atoms with Crippen LogP contribution in [0.4, 0.5) is 0 Å². The topological polar surface area (TPSA) is 78.8 Å². The van der Waals surface area contributed by atoms with Crippen molar-refractivity contribution >= 4 is 27.9 Å². The molecule has 0 saturated carbocycles. The summed E-state index contributed by atoms with van der Waals surface area (Å²) >= 11 is 6.10. The first kappa shape index (κ1) is 15.0. The number of nitrogens with one attached hydrogen (secondary N) is 1. The zero-order valence-electron chi connectivity index (χ0n) is 11.4. The molecule has 7 heteroatoms. The van der Waals surface area contributed by atoms with Crippen molar-refractivity contribution in [2.45, 2.75) is 11.4 Å². The van der Waals surface area contributed by atoms with Gasteiger partial charge in [0.05, 0.1) is 5.36 Å². The van der Waals surface area contributed by atoms with E-state index in [2.05, 4.69) is 10.3 Å². The molecule has 0 saturated heterocycles. The average molecular weight is 337 g/mol. The lowest BCUT2D eigenvalue weighted by Gasteiger charge is -2.29. The Labute approximate surface area is 132 Å². The molecule has 0 bridgehead atoms. The second-order valence-corrected chi connectivity index (χ2v) is 7.02. The van der Waals surface area contributed by atoms with Crippen LogP contribution in [0.2, 0.25) is 5.02 Å². The van der Waals surface area contributed by atoms with E-state index >= 15 is 0 Å². The van der Waals surface area contributed by atoms with Gasteiger partial charge in [-0.05, 0) is 17.7 Å². The molecule has 0 fully saturated rings. The van der Waals surface area contributed by atoms with Gasteiger partial charge < -0.3 is 5.32 Å². The second kappa shape index (κ2) is 5.39. The summed E-state index contributed by atoms with van der Waals surface area (Å²) in [5, 5.41) is 4.38. The second-order valence-electron chi connectivity index (χ2n) is 4.99. The standard InChI is InChI=1S/C15H13ClN2O3S/c16-13-7-3-1-5-11(13)9-15(22(19,20)21)17-10-12-6-2-4-8-14(12)18-15/h1-8,10,17H,9H2,(H,19,20,21). The molecule has 5 nitrogen and oxygen atoms in total. The van der Waals surface area contributed by atoms with Crippen molar-refractivity contribution in [3.05, 3.63) is 69.7 Å². The van der Waals surface area contributed by atoms with Crippen LogP contribution in [0.5, 0.6) is 0 Å². The molecule has 3 rings (SSSR count). The Morgan fingerprint density at radius 3 is 2.55 bits per heavy atom. The highest BCUT2D eigenvalue weighted by Gasteiger charge is 2.43. The number of rotatable bonds is 3. The molecule has 2 aromatic carbocycles. The SMILES string of the molecule is O=S(=O)(O)C1(Cc2ccccc2Cl)N=c2ccccc2=CN1. The Balaban J connectivity index is 2.17. The highest BCUT2D eigenvalue weighted by atomic mass is 35.5. The zero-order chi connectivity index (χ0) is 15.8. The molecule has 0 spiro atoms. The number of halogens is 1. The highest BCUT2D eigenvalue weighted by molar-refractivity contribution is 7.87. The monoisotopic (exact) mass is 336 g/mol. The summed E-state index contributed by atoms with van der Waals surface area (Å²) < 4.78 is 33.7. The van der Waals surface area contributed by atoms with E-state index in [1.165, 1.54) is 6.20 Å². The molecule has 2 aromatic rings. The van der Waals surface area contributed by atoms with E-state index in [0.717, 1.165) is 5.22 Å². The molecule has 0 aromatic heterocycles. The van der Waals surface area contributed by atoms with E-state index in [1.807, 2.05) is 6.07 Å². The molecule has 2 N–H and O–H groups in total. The summed E-state index contributed by atoms with van der Waals surface area (Å²) in [4.78, 5) is 2.36. The van der Waals surface area contributed by atoms with Crippen LogP contribution in [0, 0.1) is 0 Å². The molecule has 22 heavy (non-hydrogen) atoms. The van der Waals surface area contributed by atoms with Crippen LogP contribution in [-0.4, -0.2) is 18.0 Å². The van der Waals surface area contributed by atoms with E-state index < -0.39 is 15.1 Å². The minimum atomic E-state index is -4.51. The molecular formula is C15H13ClN2O3S. The fourth-order valence-corrected chi connectivity index (χ4v) is 3.30. The maximum absolute atomic E-state index is 12.0. The normalized spacial score (nSPS) is 20.3. The molecular weight excluding hydrogens is 324 g/mol. The zero-order valence-corrected chi connectivity index (χ0v) is 13.0. The first-order valence-electron chi connectivity index (χ1n) is 6.55. The number of hydrogen-bond donors (Lipinski definition) is 2. The fourth-order valence-electron chi connectivity index (χ4n) is 2.34. The Kier molecular flexibility index (Phi) is 3.68. The van der Waals surface area contributed by atoms with Crippen molar-refractivity contribution in [1.82, 2.24) is 5.32 Å². The summed E-state index contributed by atoms with van der Waals surface area (Å²) in [6.45, 7) is 0. The molecule has 0 amide bonds. The number of fused-ring (bicyclic) bond motifs is 1. The van der Waals surface area contributed by atoms with Crippen LogP contribution in [0.25, 0.3) is 6.20 Å². The van der Waals surface area contributed by atoms with Gasteiger partial charge in [0.25, 0.3) is 4.99 Å². The third-order valence-corrected chi connectivity index (χ3v) is 5.08. The van der Waals surface area contributed by atoms with Crippen molar-refractivity contribution in [2.75, 3.05) is 0 Å². The summed E-state index contributed by atoms with van der Waals surface area (Å²) in [5.74, 6) is 0. The summed E-state index contributed by atoms with van der Waals surface area (Å²) in [5.41, 5.74) is 0.575. The van der Waals surface area contributed by atoms with Crippen LogP contribution in [0.1, 0.15) is 5.56 Å². The Morgan fingerprint density at radius 1 is 1.14 bits per heavy atom. The molecule has 0 radical (unpaired) electrons. The number of para-hydroxylation sites is 1. The van der Waals surface area contributed by atoms with Crippen LogP contribution < -0.4 is 15.9 Å². The third kappa shape index (κ3) is 2.61. The molecule has 1 aliphatic rings. The van der Waals surface area contributed by atoms with Gasteiger partial charge in [0.15, 0.2) is 0 Å². The highest BCUT2D eigenvalue weighted by Crippen LogP contribution is 2.26. The number of benzene rings is 2. The van der Waals surface area contributed by atoms with Gasteiger partial charge in [-0.15, -0.1) is 0 Å².